The maximum Gasteiger partial charge on any atom is 0.307 e. The molecule has 3 atom stereocenters. The van der Waals surface area contributed by atoms with Gasteiger partial charge in [0.2, 0.25) is 5.91 Å². The van der Waals surface area contributed by atoms with Gasteiger partial charge in [0.25, 0.3) is 12.4 Å². The zero-order valence-electron chi connectivity index (χ0n) is 29.1. The van der Waals surface area contributed by atoms with Crippen molar-refractivity contribution in [3.63, 3.8) is 0 Å². The number of nitrogens with one attached hydrogen (secondary N) is 1. The number of benzene rings is 3. The van der Waals surface area contributed by atoms with Crippen molar-refractivity contribution >= 4 is 57.4 Å². The summed E-state index contributed by atoms with van der Waals surface area (Å²) in [6.07, 6.45) is 2.58. The summed E-state index contributed by atoms with van der Waals surface area (Å²) < 4.78 is 25.1. The highest BCUT2D eigenvalue weighted by Gasteiger charge is 2.43. The summed E-state index contributed by atoms with van der Waals surface area (Å²) in [5, 5.41) is 13.5. The summed E-state index contributed by atoms with van der Waals surface area (Å²) >= 11 is 9.87. The van der Waals surface area contributed by atoms with Crippen LogP contribution in [-0.2, 0) is 36.8 Å². The average Bonchev–Trinajstić information content (AvgIpc) is 3.97. The van der Waals surface area contributed by atoms with Crippen LogP contribution in [0.1, 0.15) is 55.2 Å². The summed E-state index contributed by atoms with van der Waals surface area (Å²) in [4.78, 5) is 54.2. The first-order chi connectivity index (χ1) is 25.6. The highest BCUT2D eigenvalue weighted by Crippen LogP contribution is 2.37. The number of halogens is 3. The largest absolute Gasteiger partial charge is 0.492 e. The molecule has 1 saturated carbocycles. The molecular weight excluding hydrogens is 769 g/mol. The molecule has 1 saturated heterocycles. The van der Waals surface area contributed by atoms with Crippen molar-refractivity contribution in [2.45, 2.75) is 75.6 Å². The van der Waals surface area contributed by atoms with Crippen LogP contribution in [0.4, 0.5) is 4.39 Å². The van der Waals surface area contributed by atoms with Crippen LogP contribution in [0.25, 0.3) is 5.57 Å². The van der Waals surface area contributed by atoms with Gasteiger partial charge in [0.05, 0.1) is 30.0 Å². The first-order valence-corrected chi connectivity index (χ1v) is 19.1. The van der Waals surface area contributed by atoms with Crippen molar-refractivity contribution in [3.8, 4) is 5.75 Å². The van der Waals surface area contributed by atoms with Gasteiger partial charge in [0.1, 0.15) is 17.7 Å². The van der Waals surface area contributed by atoms with Crippen LogP contribution in [0.15, 0.2) is 76.8 Å². The fraction of sp³-hybridized carbons (Fsp3) is 0.400. The van der Waals surface area contributed by atoms with E-state index >= 15 is 0 Å². The maximum atomic E-state index is 14.8. The molecule has 53 heavy (non-hydrogen) atoms. The van der Waals surface area contributed by atoms with Gasteiger partial charge in [-0.2, -0.15) is 0 Å². The van der Waals surface area contributed by atoms with Crippen LogP contribution in [0, 0.1) is 5.82 Å². The third-order valence-electron chi connectivity index (χ3n) is 9.93. The van der Waals surface area contributed by atoms with E-state index < -0.39 is 24.5 Å². The van der Waals surface area contributed by atoms with E-state index in [-0.39, 0.29) is 49.2 Å². The predicted molar refractivity (Wildman–Crippen MR) is 201 cm³/mol. The molecule has 2 fully saturated rings. The molecule has 2 heterocycles. The topological polar surface area (TPSA) is 125 Å². The summed E-state index contributed by atoms with van der Waals surface area (Å²) in [5.74, 6) is -1.47. The lowest BCUT2D eigenvalue weighted by Crippen LogP contribution is -2.62. The number of nitrogens with zero attached hydrogens (tertiary/aromatic N) is 2. The molecule has 13 heteroatoms. The van der Waals surface area contributed by atoms with Crippen molar-refractivity contribution in [1.29, 1.82) is 0 Å². The molecular formula is C40H42BrClFN3O7. The third-order valence-corrected chi connectivity index (χ3v) is 11.0. The number of carbonyl (C=O) groups is 4. The fourth-order valence-electron chi connectivity index (χ4n) is 7.19. The standard InChI is InChI=1S/C40H42BrClFN3O7/c41-33-14-11-28(43)18-36(33)52-17-3-4-25-7-9-26(10-8-25)32-19-29-22-45(37(48)20-31(53-24-47)21-38(49)50)23-35(44-29)39(32)40(51)46(30-12-13-30)16-15-27-5-1-2-6-34(27)42/h1-2,5-11,14,18,24,29-31,35,44H,3-4,12-13,15-17,19-23H2,(H,49,50)/t29-,31-,35-/m1/s1. The van der Waals surface area contributed by atoms with Gasteiger partial charge in [-0.3, -0.25) is 19.2 Å². The van der Waals surface area contributed by atoms with Crippen molar-refractivity contribution in [3.05, 3.63) is 104 Å². The Morgan fingerprint density at radius 1 is 1.06 bits per heavy atom. The van der Waals surface area contributed by atoms with Crippen LogP contribution in [0.5, 0.6) is 5.75 Å². The average molecular weight is 811 g/mol. The number of aryl methyl sites for hydroxylation is 1. The van der Waals surface area contributed by atoms with E-state index in [1.54, 1.807) is 11.0 Å². The zero-order valence-corrected chi connectivity index (χ0v) is 31.5. The van der Waals surface area contributed by atoms with Crippen LogP contribution < -0.4 is 10.1 Å². The van der Waals surface area contributed by atoms with Crippen LogP contribution in [0.2, 0.25) is 5.02 Å². The van der Waals surface area contributed by atoms with Crippen molar-refractivity contribution < 1.29 is 38.1 Å². The van der Waals surface area contributed by atoms with Gasteiger partial charge in [-0.15, -0.1) is 0 Å². The van der Waals surface area contributed by atoms with Gasteiger partial charge in [0.15, 0.2) is 0 Å². The lowest BCUT2D eigenvalue weighted by Gasteiger charge is -2.45. The van der Waals surface area contributed by atoms with Crippen molar-refractivity contribution in [2.24, 2.45) is 0 Å². The van der Waals surface area contributed by atoms with E-state index in [2.05, 4.69) is 33.4 Å². The summed E-state index contributed by atoms with van der Waals surface area (Å²) in [7, 11) is 0. The number of amides is 2. The Morgan fingerprint density at radius 2 is 1.83 bits per heavy atom. The Hall–Kier alpha value is -4.26. The molecule has 0 aromatic heterocycles. The zero-order chi connectivity index (χ0) is 37.5. The molecule has 2 bridgehead atoms. The SMILES string of the molecule is O=CO[C@@H](CC(=O)O)CC(=O)N1C[C@H]2CC(c3ccc(CCCOc4cc(F)ccc4Br)cc3)=C(C(=O)N(CCc3ccccc3Cl)C3CC3)[C@@H](C1)N2. The molecule has 1 aliphatic carbocycles. The molecule has 2 amide bonds. The smallest absolute Gasteiger partial charge is 0.307 e. The quantitative estimate of drug-likeness (QED) is 0.122. The second-order valence-corrected chi connectivity index (χ2v) is 15.0. The lowest BCUT2D eigenvalue weighted by atomic mass is 9.82. The van der Waals surface area contributed by atoms with E-state index in [1.165, 1.54) is 12.1 Å². The molecule has 0 unspecified atom stereocenters. The minimum absolute atomic E-state index is 0.0717. The molecule has 0 spiro atoms. The van der Waals surface area contributed by atoms with E-state index in [0.717, 1.165) is 47.9 Å². The Kier molecular flexibility index (Phi) is 12.9. The Bertz CT molecular complexity index is 1850. The summed E-state index contributed by atoms with van der Waals surface area (Å²) in [5.41, 5.74) is 4.57. The highest BCUT2D eigenvalue weighted by atomic mass is 79.9. The first kappa shape index (κ1) is 38.5. The third kappa shape index (κ3) is 10.0. The molecule has 3 aromatic rings. The van der Waals surface area contributed by atoms with Gasteiger partial charge < -0.3 is 29.7 Å². The van der Waals surface area contributed by atoms with E-state index in [4.69, 9.17) is 21.1 Å². The van der Waals surface area contributed by atoms with Crippen molar-refractivity contribution in [1.82, 2.24) is 15.1 Å². The van der Waals surface area contributed by atoms with Crippen LogP contribution in [0.3, 0.4) is 0 Å². The molecule has 2 aliphatic heterocycles. The molecule has 6 rings (SSSR count). The number of hydrogen-bond acceptors (Lipinski definition) is 7. The lowest BCUT2D eigenvalue weighted by molar-refractivity contribution is -0.147. The second-order valence-electron chi connectivity index (χ2n) is 13.8. The molecule has 10 nitrogen and oxygen atoms in total. The maximum absolute atomic E-state index is 14.8. The predicted octanol–water partition coefficient (Wildman–Crippen LogP) is 6.22. The number of fused-ring (bicyclic) bond motifs is 2. The second kappa shape index (κ2) is 17.7. The molecule has 280 valence electrons. The fourth-order valence-corrected chi connectivity index (χ4v) is 7.78. The van der Waals surface area contributed by atoms with Gasteiger partial charge >= 0.3 is 5.97 Å². The molecule has 3 aromatic carbocycles. The Morgan fingerprint density at radius 3 is 2.55 bits per heavy atom. The van der Waals surface area contributed by atoms with Crippen LogP contribution in [-0.4, -0.2) is 89.6 Å². The number of carboxylic acids is 1. The number of piperazine rings is 1. The molecule has 3 aliphatic rings. The summed E-state index contributed by atoms with van der Waals surface area (Å²) in [6.45, 7) is 1.65. The monoisotopic (exact) mass is 809 g/mol. The van der Waals surface area contributed by atoms with E-state index in [1.807, 2.05) is 41.3 Å². The summed E-state index contributed by atoms with van der Waals surface area (Å²) in [6, 6.07) is 19.7. The van der Waals surface area contributed by atoms with Gasteiger partial charge in [-0.05, 0) is 94.9 Å². The number of rotatable bonds is 17. The van der Waals surface area contributed by atoms with Gasteiger partial charge in [-0.1, -0.05) is 54.1 Å². The van der Waals surface area contributed by atoms with Gasteiger partial charge in [0, 0.05) is 48.4 Å². The van der Waals surface area contributed by atoms with Crippen molar-refractivity contribution in [2.75, 3.05) is 26.2 Å². The first-order valence-electron chi connectivity index (χ1n) is 17.9. The minimum Gasteiger partial charge on any atom is -0.492 e. The Labute approximate surface area is 321 Å². The minimum atomic E-state index is -1.17. The molecule has 2 N–H and O–H groups in total. The number of hydrogen-bond donors (Lipinski definition) is 2. The van der Waals surface area contributed by atoms with Gasteiger partial charge in [-0.25, -0.2) is 4.39 Å². The van der Waals surface area contributed by atoms with Crippen LogP contribution >= 0.6 is 27.5 Å². The number of carbonyl (C=O) groups excluding carboxylic acids is 3. The Balaban J connectivity index is 1.22. The van der Waals surface area contributed by atoms with E-state index in [9.17, 15) is 28.7 Å². The molecule has 0 radical (unpaired) electrons. The normalized spacial score (nSPS) is 18.7. The number of ether oxygens (including phenoxy) is 2. The van der Waals surface area contributed by atoms with E-state index in [0.29, 0.717) is 53.4 Å². The number of carboxylic acid groups (broad SMARTS) is 1. The highest BCUT2D eigenvalue weighted by molar-refractivity contribution is 9.10. The number of aliphatic carboxylic acids is 1.